The highest BCUT2D eigenvalue weighted by Gasteiger charge is 2.13. The maximum absolute atomic E-state index is 11.0. The molecular weight excluding hydrogens is 170 g/mol. The van der Waals surface area contributed by atoms with Crippen molar-refractivity contribution in [2.45, 2.75) is 19.4 Å². The van der Waals surface area contributed by atoms with E-state index >= 15 is 0 Å². The number of hydrogen-bond donors (Lipinski definition) is 1. The lowest BCUT2D eigenvalue weighted by Crippen LogP contribution is -2.07. The predicted molar refractivity (Wildman–Crippen MR) is 47.3 cm³/mol. The van der Waals surface area contributed by atoms with Crippen molar-refractivity contribution in [3.63, 3.8) is 0 Å². The van der Waals surface area contributed by atoms with Gasteiger partial charge in [-0.2, -0.15) is 0 Å². The Bertz CT molecular complexity index is 293. The molecule has 0 aromatic carbocycles. The summed E-state index contributed by atoms with van der Waals surface area (Å²) in [6, 6.07) is 3.11. The van der Waals surface area contributed by atoms with E-state index in [1.54, 1.807) is 12.1 Å². The maximum Gasteiger partial charge on any atom is 0.373 e. The van der Waals surface area contributed by atoms with Crippen molar-refractivity contribution >= 4 is 5.97 Å². The molecular formula is C9H13NO3. The molecule has 4 nitrogen and oxygen atoms in total. The predicted octanol–water partition coefficient (Wildman–Crippen LogP) is 1.48. The number of hydrogen-bond acceptors (Lipinski definition) is 4. The monoisotopic (exact) mass is 183 g/mol. The van der Waals surface area contributed by atoms with Crippen molar-refractivity contribution in [2.24, 2.45) is 5.73 Å². The average molecular weight is 183 g/mol. The lowest BCUT2D eigenvalue weighted by Gasteiger charge is -2.02. The topological polar surface area (TPSA) is 65.5 Å². The molecule has 0 aliphatic heterocycles. The van der Waals surface area contributed by atoms with Gasteiger partial charge in [0.1, 0.15) is 5.76 Å². The van der Waals surface area contributed by atoms with Crippen molar-refractivity contribution < 1.29 is 13.9 Å². The first-order chi connectivity index (χ1) is 6.19. The fraction of sp³-hybridized carbons (Fsp3) is 0.444. The van der Waals surface area contributed by atoms with Gasteiger partial charge in [0.25, 0.3) is 0 Å². The molecule has 13 heavy (non-hydrogen) atoms. The summed E-state index contributed by atoms with van der Waals surface area (Å²) >= 11 is 0. The maximum atomic E-state index is 11.0. The minimum atomic E-state index is -0.477. The SMILES string of the molecule is CC[C@@H](N)c1ccc(C(=O)OC)o1. The van der Waals surface area contributed by atoms with Crippen molar-refractivity contribution in [1.29, 1.82) is 0 Å². The molecule has 1 rings (SSSR count). The van der Waals surface area contributed by atoms with Crippen molar-refractivity contribution in [2.75, 3.05) is 7.11 Å². The molecule has 72 valence electrons. The largest absolute Gasteiger partial charge is 0.463 e. The molecule has 2 N–H and O–H groups in total. The van der Waals surface area contributed by atoms with E-state index in [9.17, 15) is 4.79 Å². The van der Waals surface area contributed by atoms with Crippen LogP contribution in [0.2, 0.25) is 0 Å². The van der Waals surface area contributed by atoms with E-state index in [0.29, 0.717) is 5.76 Å². The van der Waals surface area contributed by atoms with Crippen LogP contribution in [-0.4, -0.2) is 13.1 Å². The van der Waals surface area contributed by atoms with Gasteiger partial charge in [-0.1, -0.05) is 6.92 Å². The van der Waals surface area contributed by atoms with Crippen molar-refractivity contribution in [3.05, 3.63) is 23.7 Å². The molecule has 0 unspecified atom stereocenters. The van der Waals surface area contributed by atoms with Gasteiger partial charge in [0.15, 0.2) is 0 Å². The molecule has 0 spiro atoms. The van der Waals surface area contributed by atoms with Gasteiger partial charge in [0.2, 0.25) is 5.76 Å². The summed E-state index contributed by atoms with van der Waals surface area (Å²) < 4.78 is 9.68. The van der Waals surface area contributed by atoms with Crippen LogP contribution in [0.15, 0.2) is 16.5 Å². The van der Waals surface area contributed by atoms with Crippen LogP contribution in [-0.2, 0) is 4.74 Å². The van der Waals surface area contributed by atoms with Crippen LogP contribution in [0.25, 0.3) is 0 Å². The van der Waals surface area contributed by atoms with Gasteiger partial charge in [-0.25, -0.2) is 4.79 Å². The Hall–Kier alpha value is -1.29. The Morgan fingerprint density at radius 3 is 2.92 bits per heavy atom. The number of methoxy groups -OCH3 is 1. The Balaban J connectivity index is 2.80. The highest BCUT2D eigenvalue weighted by atomic mass is 16.5. The molecule has 0 amide bonds. The van der Waals surface area contributed by atoms with E-state index in [2.05, 4.69) is 4.74 Å². The zero-order valence-electron chi connectivity index (χ0n) is 7.74. The Morgan fingerprint density at radius 1 is 1.69 bits per heavy atom. The molecule has 0 radical (unpaired) electrons. The quantitative estimate of drug-likeness (QED) is 0.721. The van der Waals surface area contributed by atoms with Crippen LogP contribution >= 0.6 is 0 Å². The third-order valence-electron chi connectivity index (χ3n) is 1.82. The van der Waals surface area contributed by atoms with Crippen molar-refractivity contribution in [3.8, 4) is 0 Å². The Kier molecular flexibility index (Phi) is 3.08. The third kappa shape index (κ3) is 2.09. The van der Waals surface area contributed by atoms with E-state index < -0.39 is 5.97 Å². The summed E-state index contributed by atoms with van der Waals surface area (Å²) in [6.45, 7) is 1.95. The molecule has 0 aliphatic carbocycles. The van der Waals surface area contributed by atoms with Gasteiger partial charge in [-0.15, -0.1) is 0 Å². The van der Waals surface area contributed by atoms with Gasteiger partial charge >= 0.3 is 5.97 Å². The van der Waals surface area contributed by atoms with E-state index in [0.717, 1.165) is 6.42 Å². The molecule has 1 aromatic rings. The second-order valence-corrected chi connectivity index (χ2v) is 2.71. The molecule has 0 bridgehead atoms. The minimum absolute atomic E-state index is 0.154. The standard InChI is InChI=1S/C9H13NO3/c1-3-6(10)7-4-5-8(13-7)9(11)12-2/h4-6H,3,10H2,1-2H3/t6-/m1/s1. The highest BCUT2D eigenvalue weighted by Crippen LogP contribution is 2.17. The third-order valence-corrected chi connectivity index (χ3v) is 1.82. The molecule has 0 fully saturated rings. The van der Waals surface area contributed by atoms with E-state index in [-0.39, 0.29) is 11.8 Å². The summed E-state index contributed by atoms with van der Waals surface area (Å²) in [7, 11) is 1.31. The first kappa shape index (κ1) is 9.80. The van der Waals surface area contributed by atoms with Crippen LogP contribution < -0.4 is 5.73 Å². The van der Waals surface area contributed by atoms with E-state index in [1.165, 1.54) is 7.11 Å². The summed E-state index contributed by atoms with van der Waals surface area (Å²) in [5.74, 6) is 0.332. The van der Waals surface area contributed by atoms with Crippen molar-refractivity contribution in [1.82, 2.24) is 0 Å². The van der Waals surface area contributed by atoms with Crippen LogP contribution in [0.1, 0.15) is 35.7 Å². The van der Waals surface area contributed by atoms with Crippen LogP contribution in [0.5, 0.6) is 0 Å². The smallest absolute Gasteiger partial charge is 0.373 e. The zero-order chi connectivity index (χ0) is 9.84. The first-order valence-corrected chi connectivity index (χ1v) is 4.12. The zero-order valence-corrected chi connectivity index (χ0v) is 7.74. The average Bonchev–Trinajstić information content (AvgIpc) is 2.64. The fourth-order valence-electron chi connectivity index (χ4n) is 0.964. The number of ether oxygens (including phenoxy) is 1. The van der Waals surface area contributed by atoms with Gasteiger partial charge in [0, 0.05) is 0 Å². The summed E-state index contributed by atoms with van der Waals surface area (Å²) in [4.78, 5) is 11.0. The number of furan rings is 1. The highest BCUT2D eigenvalue weighted by molar-refractivity contribution is 5.86. The normalized spacial score (nSPS) is 12.5. The van der Waals surface area contributed by atoms with Gasteiger partial charge < -0.3 is 14.9 Å². The van der Waals surface area contributed by atoms with E-state index in [1.807, 2.05) is 6.92 Å². The molecule has 4 heteroatoms. The summed E-state index contributed by atoms with van der Waals surface area (Å²) in [6.07, 6.45) is 0.772. The molecule has 1 heterocycles. The first-order valence-electron chi connectivity index (χ1n) is 4.12. The van der Waals surface area contributed by atoms with Crippen LogP contribution in [0.3, 0.4) is 0 Å². The van der Waals surface area contributed by atoms with E-state index in [4.69, 9.17) is 10.2 Å². The molecule has 1 aromatic heterocycles. The number of rotatable bonds is 3. The Labute approximate surface area is 76.7 Å². The van der Waals surface area contributed by atoms with Gasteiger partial charge in [-0.3, -0.25) is 0 Å². The number of carbonyl (C=O) groups excluding carboxylic acids is 1. The minimum Gasteiger partial charge on any atom is -0.463 e. The van der Waals surface area contributed by atoms with Gasteiger partial charge in [0.05, 0.1) is 13.2 Å². The molecule has 0 saturated heterocycles. The number of carbonyl (C=O) groups is 1. The lowest BCUT2D eigenvalue weighted by molar-refractivity contribution is 0.0562. The summed E-state index contributed by atoms with van der Waals surface area (Å²) in [5, 5.41) is 0. The Morgan fingerprint density at radius 2 is 2.38 bits per heavy atom. The number of nitrogens with two attached hydrogens (primary N) is 1. The lowest BCUT2D eigenvalue weighted by atomic mass is 10.2. The second-order valence-electron chi connectivity index (χ2n) is 2.71. The molecule has 1 atom stereocenters. The fourth-order valence-corrected chi connectivity index (χ4v) is 0.964. The molecule has 0 saturated carbocycles. The van der Waals surface area contributed by atoms with Crippen LogP contribution in [0, 0.1) is 0 Å². The second kappa shape index (κ2) is 4.09. The van der Waals surface area contributed by atoms with Gasteiger partial charge in [-0.05, 0) is 18.6 Å². The molecule has 0 aliphatic rings. The number of esters is 1. The summed E-state index contributed by atoms with van der Waals surface area (Å²) in [5.41, 5.74) is 5.70. The van der Waals surface area contributed by atoms with Crippen LogP contribution in [0.4, 0.5) is 0 Å².